The number of carbonyl (C=O) groups excluding carboxylic acids is 6. The molecule has 5 aromatic rings. The van der Waals surface area contributed by atoms with Gasteiger partial charge in [0.25, 0.3) is 21.8 Å². The lowest BCUT2D eigenvalue weighted by atomic mass is 10.2. The SMILES string of the molecule is CC(=O)Oc1ccc(C(=O)NCCCCOc2cc3sc(S(=O)(=O)NCP(=O)(O)Oc4ccc(C#N)c(F)c4)cc3cc2OCCCNC(=O)c2ccc(OC(C)=O)c(OC(C)=O)c2)cc1OC(C)=O. The van der Waals surface area contributed by atoms with Crippen molar-refractivity contribution in [3.8, 4) is 46.3 Å². The molecule has 370 valence electrons. The van der Waals surface area contributed by atoms with Crippen LogP contribution in [-0.4, -0.2) is 81.6 Å². The second-order valence-electron chi connectivity index (χ2n) is 14.7. The number of esters is 4. The number of nitrogens with one attached hydrogen (secondary N) is 3. The summed E-state index contributed by atoms with van der Waals surface area (Å²) in [5.74, 6) is -5.11. The van der Waals surface area contributed by atoms with Crippen LogP contribution in [0.3, 0.4) is 0 Å². The molecule has 5 rings (SSSR count). The fourth-order valence-corrected chi connectivity index (χ4v) is 9.93. The Bertz CT molecular complexity index is 3030. The number of carbonyl (C=O) groups is 6. The first-order valence-corrected chi connectivity index (χ1v) is 24.8. The third-order valence-electron chi connectivity index (χ3n) is 8.99. The normalized spacial score (nSPS) is 11.8. The maximum absolute atomic E-state index is 14.0. The van der Waals surface area contributed by atoms with Crippen molar-refractivity contribution < 1.29 is 84.0 Å². The third-order valence-corrected chi connectivity index (χ3v) is 13.2. The summed E-state index contributed by atoms with van der Waals surface area (Å²) in [7, 11) is -9.17. The summed E-state index contributed by atoms with van der Waals surface area (Å²) in [6.45, 7) is 5.04. The summed E-state index contributed by atoms with van der Waals surface area (Å²) in [6.07, 6.45) is -0.00479. The van der Waals surface area contributed by atoms with Crippen molar-refractivity contribution in [2.24, 2.45) is 0 Å². The fraction of sp³-hybridized carbons (Fsp3) is 0.267. The average Bonchev–Trinajstić information content (AvgIpc) is 3.71. The number of sulfonamides is 1. The van der Waals surface area contributed by atoms with Gasteiger partial charge in [-0.05, 0) is 85.3 Å². The van der Waals surface area contributed by atoms with Crippen LogP contribution in [0.15, 0.2) is 77.0 Å². The summed E-state index contributed by atoms with van der Waals surface area (Å²) in [6, 6.07) is 16.7. The first-order chi connectivity index (χ1) is 33.1. The number of hydrogen-bond donors (Lipinski definition) is 4. The van der Waals surface area contributed by atoms with Crippen molar-refractivity contribution in [1.29, 1.82) is 5.26 Å². The Hall–Kier alpha value is -7.42. The largest absolute Gasteiger partial charge is 0.490 e. The van der Waals surface area contributed by atoms with Gasteiger partial charge in [-0.3, -0.25) is 28.8 Å². The Morgan fingerprint density at radius 3 is 1.71 bits per heavy atom. The highest BCUT2D eigenvalue weighted by Crippen LogP contribution is 2.43. The quantitative estimate of drug-likeness (QED) is 0.0256. The average molecular weight is 1030 g/mol. The van der Waals surface area contributed by atoms with Crippen molar-refractivity contribution in [3.63, 3.8) is 0 Å². The van der Waals surface area contributed by atoms with Gasteiger partial charge in [0.2, 0.25) is 0 Å². The number of thiophene rings is 1. The molecule has 0 bridgehead atoms. The zero-order chi connectivity index (χ0) is 51.2. The minimum absolute atomic E-state index is 0.0189. The van der Waals surface area contributed by atoms with Crippen LogP contribution < -0.4 is 48.3 Å². The minimum Gasteiger partial charge on any atom is -0.490 e. The molecule has 1 atom stereocenters. The fourth-order valence-electron chi connectivity index (χ4n) is 5.98. The number of nitrogens with zero attached hydrogens (tertiary/aromatic N) is 1. The number of unbranched alkanes of at least 4 members (excludes halogenated alkanes) is 1. The molecule has 0 spiro atoms. The second kappa shape index (κ2) is 24.2. The highest BCUT2D eigenvalue weighted by atomic mass is 32.2. The van der Waals surface area contributed by atoms with E-state index in [1.807, 2.05) is 4.72 Å². The molecule has 70 heavy (non-hydrogen) atoms. The van der Waals surface area contributed by atoms with Gasteiger partial charge in [0, 0.05) is 68.7 Å². The van der Waals surface area contributed by atoms with Gasteiger partial charge < -0.3 is 48.5 Å². The van der Waals surface area contributed by atoms with E-state index < -0.39 is 71.2 Å². The van der Waals surface area contributed by atoms with E-state index in [1.165, 1.54) is 61.5 Å². The van der Waals surface area contributed by atoms with Crippen LogP contribution in [0.5, 0.6) is 40.2 Å². The summed E-state index contributed by atoms with van der Waals surface area (Å²) >= 11 is 0.807. The number of hydrogen-bond acceptors (Lipinski definition) is 18. The molecular weight excluding hydrogens is 983 g/mol. The maximum Gasteiger partial charge on any atom is 0.391 e. The Balaban J connectivity index is 1.24. The minimum atomic E-state index is -4.73. The van der Waals surface area contributed by atoms with Gasteiger partial charge in [0.05, 0.1) is 18.8 Å². The third kappa shape index (κ3) is 15.8. The van der Waals surface area contributed by atoms with Crippen LogP contribution in [0, 0.1) is 17.1 Å². The lowest BCUT2D eigenvalue weighted by molar-refractivity contribution is -0.134. The molecule has 0 radical (unpaired) electrons. The highest BCUT2D eigenvalue weighted by molar-refractivity contribution is 7.92. The molecule has 1 aromatic heterocycles. The zero-order valence-corrected chi connectivity index (χ0v) is 40.2. The van der Waals surface area contributed by atoms with E-state index in [9.17, 15) is 51.0 Å². The van der Waals surface area contributed by atoms with E-state index in [1.54, 1.807) is 6.07 Å². The van der Waals surface area contributed by atoms with Crippen LogP contribution in [0.4, 0.5) is 4.39 Å². The van der Waals surface area contributed by atoms with Gasteiger partial charge in [-0.1, -0.05) is 0 Å². The molecule has 4 N–H and O–H groups in total. The van der Waals surface area contributed by atoms with E-state index in [-0.39, 0.29) is 88.1 Å². The number of fused-ring (bicyclic) bond motifs is 1. The number of benzene rings is 4. The molecule has 0 aliphatic heterocycles. The van der Waals surface area contributed by atoms with E-state index in [0.29, 0.717) is 22.9 Å². The molecule has 1 heterocycles. The molecule has 21 nitrogen and oxygen atoms in total. The number of nitriles is 1. The monoisotopic (exact) mass is 1030 g/mol. The summed E-state index contributed by atoms with van der Waals surface area (Å²) < 4.78 is 93.1. The molecule has 0 aliphatic rings. The number of rotatable bonds is 23. The van der Waals surface area contributed by atoms with Gasteiger partial charge in [-0.2, -0.15) is 9.98 Å². The zero-order valence-electron chi connectivity index (χ0n) is 37.7. The lowest BCUT2D eigenvalue weighted by Crippen LogP contribution is -2.25. The lowest BCUT2D eigenvalue weighted by Gasteiger charge is -2.14. The molecule has 0 fully saturated rings. The van der Waals surface area contributed by atoms with Crippen LogP contribution in [0.2, 0.25) is 0 Å². The van der Waals surface area contributed by atoms with Crippen LogP contribution in [0.1, 0.15) is 73.2 Å². The topological polar surface area (TPSA) is 298 Å². The second-order valence-corrected chi connectivity index (χ2v) is 19.5. The first-order valence-electron chi connectivity index (χ1n) is 20.7. The van der Waals surface area contributed by atoms with Gasteiger partial charge in [-0.25, -0.2) is 17.4 Å². The van der Waals surface area contributed by atoms with Crippen LogP contribution in [0.25, 0.3) is 10.1 Å². The van der Waals surface area contributed by atoms with Crippen molar-refractivity contribution in [3.05, 3.63) is 95.3 Å². The molecule has 0 aliphatic carbocycles. The molecule has 2 amide bonds. The molecule has 0 saturated heterocycles. The number of amides is 2. The summed E-state index contributed by atoms with van der Waals surface area (Å²) in [5.41, 5.74) is -0.0982. The predicted octanol–water partition coefficient (Wildman–Crippen LogP) is 5.90. The number of ether oxygens (including phenoxy) is 6. The van der Waals surface area contributed by atoms with Crippen molar-refractivity contribution in [2.75, 3.05) is 32.6 Å². The number of halogens is 1. The van der Waals surface area contributed by atoms with Crippen molar-refractivity contribution in [2.45, 2.75) is 51.2 Å². The summed E-state index contributed by atoms with van der Waals surface area (Å²) in [5, 5.41) is 14.8. The van der Waals surface area contributed by atoms with Gasteiger partial charge in [0.1, 0.15) is 28.1 Å². The Kier molecular flexibility index (Phi) is 18.5. The van der Waals surface area contributed by atoms with E-state index >= 15 is 0 Å². The standard InChI is InChI=1S/C45H44FN4O17PS2/c1-26(51)63-36-12-9-30(18-40(36)65-28(3)53)44(55)48-14-5-6-16-61-39-23-42-33(21-43(69-42)70(59,60)50-25-68(57,58)67-34-11-8-32(24-47)35(46)22-34)20-38(39)62-17-7-15-49-45(56)31-10-13-37(64-27(2)52)41(19-31)66-29(4)54/h8-13,18-23,50H,5-7,14-17,25H2,1-4H3,(H,48,55)(H,49,56)(H,57,58). The maximum atomic E-state index is 14.0. The summed E-state index contributed by atoms with van der Waals surface area (Å²) in [4.78, 5) is 82.3. The van der Waals surface area contributed by atoms with E-state index in [4.69, 9.17) is 38.2 Å². The van der Waals surface area contributed by atoms with E-state index in [2.05, 4.69) is 10.6 Å². The van der Waals surface area contributed by atoms with Gasteiger partial charge in [-0.15, -0.1) is 11.3 Å². The van der Waals surface area contributed by atoms with Gasteiger partial charge in [0.15, 0.2) is 34.5 Å². The molecular formula is C45H44FN4O17PS2. The Morgan fingerprint density at radius 2 is 1.19 bits per heavy atom. The van der Waals surface area contributed by atoms with Crippen LogP contribution in [-0.2, 0) is 33.8 Å². The molecule has 1 unspecified atom stereocenters. The Morgan fingerprint density at radius 1 is 0.671 bits per heavy atom. The highest BCUT2D eigenvalue weighted by Gasteiger charge is 2.28. The smallest absolute Gasteiger partial charge is 0.391 e. The van der Waals surface area contributed by atoms with E-state index in [0.717, 1.165) is 50.3 Å². The van der Waals surface area contributed by atoms with Crippen molar-refractivity contribution >= 4 is 74.7 Å². The van der Waals surface area contributed by atoms with Gasteiger partial charge >= 0.3 is 31.5 Å². The predicted molar refractivity (Wildman–Crippen MR) is 246 cm³/mol. The molecule has 4 aromatic carbocycles. The van der Waals surface area contributed by atoms with Crippen molar-refractivity contribution in [1.82, 2.24) is 15.4 Å². The van der Waals surface area contributed by atoms with Crippen LogP contribution >= 0.6 is 18.9 Å². The molecule has 0 saturated carbocycles. The first kappa shape index (κ1) is 53.5. The molecule has 25 heteroatoms. The Labute approximate surface area is 403 Å².